The molecule has 0 bridgehead atoms. The highest BCUT2D eigenvalue weighted by Crippen LogP contribution is 2.30. The molecule has 0 atom stereocenters. The third kappa shape index (κ3) is 4.19. The number of nitrogens with zero attached hydrogens (tertiary/aromatic N) is 3. The second-order valence-electron chi connectivity index (χ2n) is 6.34. The molecule has 0 N–H and O–H groups in total. The van der Waals surface area contributed by atoms with Crippen molar-refractivity contribution in [3.05, 3.63) is 34.7 Å². The van der Waals surface area contributed by atoms with Gasteiger partial charge in [0.15, 0.2) is 5.17 Å². The largest absolute Gasteiger partial charge is 0.491 e. The van der Waals surface area contributed by atoms with Crippen LogP contribution in [0.2, 0.25) is 0 Å². The fourth-order valence-electron chi connectivity index (χ4n) is 2.60. The van der Waals surface area contributed by atoms with Gasteiger partial charge in [-0.3, -0.25) is 4.79 Å². The van der Waals surface area contributed by atoms with E-state index in [2.05, 4.69) is 21.8 Å². The van der Waals surface area contributed by atoms with Gasteiger partial charge in [0.1, 0.15) is 5.75 Å². The molecule has 2 aliphatic heterocycles. The summed E-state index contributed by atoms with van der Waals surface area (Å²) in [4.78, 5) is 21.6. The predicted octanol–water partition coefficient (Wildman–Crippen LogP) is 2.69. The highest BCUT2D eigenvalue weighted by molar-refractivity contribution is 8.18. The maximum Gasteiger partial charge on any atom is 0.286 e. The summed E-state index contributed by atoms with van der Waals surface area (Å²) in [6.07, 6.45) is 2.05. The van der Waals surface area contributed by atoms with Crippen molar-refractivity contribution in [1.82, 2.24) is 9.80 Å². The van der Waals surface area contributed by atoms with Crippen LogP contribution in [0.15, 0.2) is 34.2 Å². The lowest BCUT2D eigenvalue weighted by Crippen LogP contribution is -2.46. The number of benzene rings is 1. The molecule has 2 aliphatic rings. The lowest BCUT2D eigenvalue weighted by Gasteiger charge is -2.32. The third-order valence-corrected chi connectivity index (χ3v) is 4.98. The average Bonchev–Trinajstić information content (AvgIpc) is 2.90. The number of rotatable bonds is 3. The summed E-state index contributed by atoms with van der Waals surface area (Å²) in [5.74, 6) is 0.698. The van der Waals surface area contributed by atoms with E-state index in [-0.39, 0.29) is 12.0 Å². The van der Waals surface area contributed by atoms with Gasteiger partial charge in [-0.1, -0.05) is 12.1 Å². The molecule has 1 fully saturated rings. The Hall–Kier alpha value is -1.79. The summed E-state index contributed by atoms with van der Waals surface area (Å²) in [5, 5.41) is 0.833. The Bertz CT molecular complexity index is 659. The molecule has 3 rings (SSSR count). The number of amidine groups is 1. The Morgan fingerprint density at radius 1 is 1.17 bits per heavy atom. The van der Waals surface area contributed by atoms with Gasteiger partial charge in [0.2, 0.25) is 0 Å². The molecule has 1 aromatic carbocycles. The maximum absolute atomic E-state index is 12.2. The van der Waals surface area contributed by atoms with E-state index in [0.717, 1.165) is 42.7 Å². The van der Waals surface area contributed by atoms with E-state index in [1.165, 1.54) is 11.8 Å². The molecule has 0 unspecified atom stereocenters. The van der Waals surface area contributed by atoms with Crippen LogP contribution in [0.4, 0.5) is 0 Å². The van der Waals surface area contributed by atoms with Crippen LogP contribution in [-0.4, -0.2) is 60.2 Å². The Labute approximate surface area is 147 Å². The minimum atomic E-state index is -0.142. The van der Waals surface area contributed by atoms with Gasteiger partial charge in [-0.2, -0.15) is 4.99 Å². The minimum Gasteiger partial charge on any atom is -0.491 e. The van der Waals surface area contributed by atoms with Crippen LogP contribution in [0.3, 0.4) is 0 Å². The molecule has 1 aromatic rings. The quantitative estimate of drug-likeness (QED) is 0.788. The highest BCUT2D eigenvalue weighted by atomic mass is 32.2. The molecule has 24 heavy (non-hydrogen) atoms. The van der Waals surface area contributed by atoms with E-state index in [0.29, 0.717) is 4.91 Å². The van der Waals surface area contributed by atoms with Gasteiger partial charge in [-0.05, 0) is 56.4 Å². The van der Waals surface area contributed by atoms with E-state index < -0.39 is 0 Å². The number of likely N-dealkylation sites (N-methyl/N-ethyl adjacent to an activating group) is 1. The number of hydrogen-bond acceptors (Lipinski definition) is 5. The van der Waals surface area contributed by atoms with Gasteiger partial charge < -0.3 is 14.5 Å². The normalized spacial score (nSPS) is 20.8. The van der Waals surface area contributed by atoms with Crippen molar-refractivity contribution < 1.29 is 9.53 Å². The standard InChI is InChI=1S/C18H23N3O2S/c1-13(2)23-15-6-4-14(5-7-15)12-16-17(22)19-18(24-16)21-10-8-20(3)9-11-21/h4-7,12-13H,8-11H2,1-3H3/b16-12+. The van der Waals surface area contributed by atoms with E-state index >= 15 is 0 Å². The van der Waals surface area contributed by atoms with E-state index in [4.69, 9.17) is 4.74 Å². The van der Waals surface area contributed by atoms with E-state index in [9.17, 15) is 4.79 Å². The fourth-order valence-corrected chi connectivity index (χ4v) is 3.56. The SMILES string of the molecule is CC(C)Oc1ccc(/C=C2/SC(N3CCN(C)CC3)=NC2=O)cc1. The lowest BCUT2D eigenvalue weighted by atomic mass is 10.2. The van der Waals surface area contributed by atoms with Gasteiger partial charge in [-0.25, -0.2) is 0 Å². The Morgan fingerprint density at radius 3 is 2.46 bits per heavy atom. The molecular formula is C18H23N3O2S. The monoisotopic (exact) mass is 345 g/mol. The minimum absolute atomic E-state index is 0.142. The molecule has 2 heterocycles. The van der Waals surface area contributed by atoms with Crippen molar-refractivity contribution in [1.29, 1.82) is 0 Å². The van der Waals surface area contributed by atoms with Crippen LogP contribution in [0, 0.1) is 0 Å². The zero-order valence-electron chi connectivity index (χ0n) is 14.4. The van der Waals surface area contributed by atoms with Crippen LogP contribution in [0.5, 0.6) is 5.75 Å². The maximum atomic E-state index is 12.2. The molecule has 128 valence electrons. The summed E-state index contributed by atoms with van der Waals surface area (Å²) in [6, 6.07) is 7.79. The number of amides is 1. The fraction of sp³-hybridized carbons (Fsp3) is 0.444. The van der Waals surface area contributed by atoms with Gasteiger partial charge in [-0.15, -0.1) is 0 Å². The topological polar surface area (TPSA) is 45.1 Å². The molecule has 0 aliphatic carbocycles. The van der Waals surface area contributed by atoms with Crippen LogP contribution in [0.25, 0.3) is 6.08 Å². The van der Waals surface area contributed by atoms with Crippen molar-refractivity contribution in [2.75, 3.05) is 33.2 Å². The smallest absolute Gasteiger partial charge is 0.286 e. The highest BCUT2D eigenvalue weighted by Gasteiger charge is 2.27. The molecule has 0 spiro atoms. The number of hydrogen-bond donors (Lipinski definition) is 0. The first-order valence-electron chi connectivity index (χ1n) is 8.24. The van der Waals surface area contributed by atoms with Crippen LogP contribution in [-0.2, 0) is 4.79 Å². The van der Waals surface area contributed by atoms with Gasteiger partial charge in [0.05, 0.1) is 11.0 Å². The van der Waals surface area contributed by atoms with Crippen molar-refractivity contribution in [3.8, 4) is 5.75 Å². The Balaban J connectivity index is 1.65. The van der Waals surface area contributed by atoms with Crippen molar-refractivity contribution in [2.45, 2.75) is 20.0 Å². The third-order valence-electron chi connectivity index (χ3n) is 3.93. The second-order valence-corrected chi connectivity index (χ2v) is 7.35. The molecule has 0 radical (unpaired) electrons. The van der Waals surface area contributed by atoms with Crippen molar-refractivity contribution in [3.63, 3.8) is 0 Å². The second kappa shape index (κ2) is 7.40. The van der Waals surface area contributed by atoms with E-state index in [1.54, 1.807) is 0 Å². The van der Waals surface area contributed by atoms with Crippen LogP contribution in [0.1, 0.15) is 19.4 Å². The number of piperazine rings is 1. The molecule has 0 saturated carbocycles. The van der Waals surface area contributed by atoms with Gasteiger partial charge in [0, 0.05) is 26.2 Å². The Kier molecular flexibility index (Phi) is 5.26. The number of carbonyl (C=O) groups excluding carboxylic acids is 1. The first kappa shape index (κ1) is 17.0. The number of aliphatic imine (C=N–C) groups is 1. The summed E-state index contributed by atoms with van der Waals surface area (Å²) >= 11 is 1.47. The molecule has 5 nitrogen and oxygen atoms in total. The Morgan fingerprint density at radius 2 is 1.83 bits per heavy atom. The number of ether oxygens (including phenoxy) is 1. The zero-order valence-corrected chi connectivity index (χ0v) is 15.2. The van der Waals surface area contributed by atoms with Crippen LogP contribution < -0.4 is 4.74 Å². The molecule has 1 saturated heterocycles. The van der Waals surface area contributed by atoms with Gasteiger partial charge >= 0.3 is 0 Å². The van der Waals surface area contributed by atoms with Crippen LogP contribution >= 0.6 is 11.8 Å². The average molecular weight is 345 g/mol. The lowest BCUT2D eigenvalue weighted by molar-refractivity contribution is -0.113. The number of thioether (sulfide) groups is 1. The molecule has 0 aromatic heterocycles. The molecular weight excluding hydrogens is 322 g/mol. The number of carbonyl (C=O) groups is 1. The zero-order chi connectivity index (χ0) is 17.1. The summed E-state index contributed by atoms with van der Waals surface area (Å²) < 4.78 is 5.64. The summed E-state index contributed by atoms with van der Waals surface area (Å²) in [6.45, 7) is 7.85. The molecule has 1 amide bonds. The summed E-state index contributed by atoms with van der Waals surface area (Å²) in [7, 11) is 2.12. The van der Waals surface area contributed by atoms with Crippen molar-refractivity contribution in [2.24, 2.45) is 4.99 Å². The summed E-state index contributed by atoms with van der Waals surface area (Å²) in [5.41, 5.74) is 0.983. The van der Waals surface area contributed by atoms with Gasteiger partial charge in [0.25, 0.3) is 5.91 Å². The molecule has 6 heteroatoms. The first-order valence-corrected chi connectivity index (χ1v) is 9.06. The van der Waals surface area contributed by atoms with Crippen molar-refractivity contribution >= 4 is 28.9 Å². The predicted molar refractivity (Wildman–Crippen MR) is 99.3 cm³/mol. The first-order chi connectivity index (χ1) is 11.5. The van der Waals surface area contributed by atoms with E-state index in [1.807, 2.05) is 44.2 Å².